The number of piperidine rings is 1. The number of nitrogens with zero attached hydrogens (tertiary/aromatic N) is 2. The number of carbonyl (C=O) groups is 2. The van der Waals surface area contributed by atoms with E-state index in [2.05, 4.69) is 17.0 Å². The predicted octanol–water partition coefficient (Wildman–Crippen LogP) is 4.42. The fourth-order valence-corrected chi connectivity index (χ4v) is 4.13. The second-order valence-electron chi connectivity index (χ2n) is 8.17. The van der Waals surface area contributed by atoms with Crippen LogP contribution in [-0.2, 0) is 20.9 Å². The molecule has 0 radical (unpaired) electrons. The van der Waals surface area contributed by atoms with E-state index >= 15 is 0 Å². The summed E-state index contributed by atoms with van der Waals surface area (Å²) in [4.78, 5) is 30.5. The molecular weight excluding hydrogens is 376 g/mol. The summed E-state index contributed by atoms with van der Waals surface area (Å²) in [5.74, 6) is -0.360. The van der Waals surface area contributed by atoms with Gasteiger partial charge in [0.2, 0.25) is 5.91 Å². The standard InChI is InChI=1S/C25H32N2O3/c1-4-23(28)27(22-13-9-6-10-14-22)25(24(29)30-20(2)3)15-17-26(18-16-25)19-21-11-7-5-8-12-21/h5-14,20H,4,15-19H2,1-3H3. The Morgan fingerprint density at radius 2 is 1.57 bits per heavy atom. The first-order valence-electron chi connectivity index (χ1n) is 10.8. The SMILES string of the molecule is CCC(=O)N(c1ccccc1)C1(C(=O)OC(C)C)CCN(Cc2ccccc2)CC1. The molecule has 0 aliphatic carbocycles. The van der Waals surface area contributed by atoms with Crippen molar-refractivity contribution in [2.24, 2.45) is 0 Å². The predicted molar refractivity (Wildman–Crippen MR) is 119 cm³/mol. The maximum absolute atomic E-state index is 13.4. The first-order valence-corrected chi connectivity index (χ1v) is 10.8. The minimum Gasteiger partial charge on any atom is -0.461 e. The van der Waals surface area contributed by atoms with Gasteiger partial charge >= 0.3 is 5.97 Å². The monoisotopic (exact) mass is 408 g/mol. The smallest absolute Gasteiger partial charge is 0.332 e. The van der Waals surface area contributed by atoms with Crippen molar-refractivity contribution in [2.45, 2.75) is 58.2 Å². The molecule has 0 unspecified atom stereocenters. The summed E-state index contributed by atoms with van der Waals surface area (Å²) in [6.45, 7) is 7.83. The number of amides is 1. The highest BCUT2D eigenvalue weighted by atomic mass is 16.5. The molecule has 1 amide bonds. The van der Waals surface area contributed by atoms with Crippen LogP contribution in [-0.4, -0.2) is 41.5 Å². The average Bonchev–Trinajstić information content (AvgIpc) is 2.76. The van der Waals surface area contributed by atoms with Crippen LogP contribution in [0.15, 0.2) is 60.7 Å². The Hall–Kier alpha value is -2.66. The Labute approximate surface area is 179 Å². The Kier molecular flexibility index (Phi) is 7.27. The summed E-state index contributed by atoms with van der Waals surface area (Å²) in [5, 5.41) is 0. The van der Waals surface area contributed by atoms with E-state index in [1.54, 1.807) is 4.90 Å². The Bertz CT molecular complexity index is 828. The second kappa shape index (κ2) is 9.90. The zero-order valence-corrected chi connectivity index (χ0v) is 18.2. The van der Waals surface area contributed by atoms with Crippen molar-refractivity contribution < 1.29 is 14.3 Å². The van der Waals surface area contributed by atoms with Crippen molar-refractivity contribution in [3.63, 3.8) is 0 Å². The lowest BCUT2D eigenvalue weighted by molar-refractivity contribution is -0.157. The molecule has 0 aromatic heterocycles. The van der Waals surface area contributed by atoms with Crippen LogP contribution in [0.5, 0.6) is 0 Å². The zero-order chi connectivity index (χ0) is 21.6. The molecule has 1 aliphatic heterocycles. The van der Waals surface area contributed by atoms with Crippen LogP contribution < -0.4 is 4.90 Å². The molecule has 1 saturated heterocycles. The van der Waals surface area contributed by atoms with E-state index < -0.39 is 5.54 Å². The van der Waals surface area contributed by atoms with Gasteiger partial charge in [0.15, 0.2) is 0 Å². The lowest BCUT2D eigenvalue weighted by Crippen LogP contribution is -2.63. The van der Waals surface area contributed by atoms with E-state index in [9.17, 15) is 9.59 Å². The molecule has 0 N–H and O–H groups in total. The van der Waals surface area contributed by atoms with Crippen LogP contribution in [0.3, 0.4) is 0 Å². The highest BCUT2D eigenvalue weighted by Crippen LogP contribution is 2.36. The largest absolute Gasteiger partial charge is 0.461 e. The highest BCUT2D eigenvalue weighted by molar-refractivity contribution is 6.02. The molecule has 1 fully saturated rings. The maximum Gasteiger partial charge on any atom is 0.332 e. The fraction of sp³-hybridized carbons (Fsp3) is 0.440. The first-order chi connectivity index (χ1) is 14.5. The van der Waals surface area contributed by atoms with Crippen LogP contribution in [0, 0.1) is 0 Å². The quantitative estimate of drug-likeness (QED) is 0.637. The molecule has 5 nitrogen and oxygen atoms in total. The molecule has 3 rings (SSSR count). The molecule has 0 spiro atoms. The summed E-state index contributed by atoms with van der Waals surface area (Å²) in [5.41, 5.74) is 1.02. The van der Waals surface area contributed by atoms with E-state index in [0.29, 0.717) is 19.3 Å². The van der Waals surface area contributed by atoms with Gasteiger partial charge in [-0.2, -0.15) is 0 Å². The fourth-order valence-electron chi connectivity index (χ4n) is 4.13. The Balaban J connectivity index is 1.90. The van der Waals surface area contributed by atoms with Crippen LogP contribution in [0.4, 0.5) is 5.69 Å². The first kappa shape index (κ1) is 22.0. The third kappa shape index (κ3) is 4.90. The minimum absolute atomic E-state index is 0.0570. The summed E-state index contributed by atoms with van der Waals surface area (Å²) >= 11 is 0. The molecule has 2 aromatic carbocycles. The lowest BCUT2D eigenvalue weighted by atomic mass is 9.84. The van der Waals surface area contributed by atoms with E-state index in [-0.39, 0.29) is 18.0 Å². The van der Waals surface area contributed by atoms with Crippen molar-refractivity contribution in [3.05, 3.63) is 66.2 Å². The van der Waals surface area contributed by atoms with Gasteiger partial charge in [0.1, 0.15) is 5.54 Å². The summed E-state index contributed by atoms with van der Waals surface area (Å²) in [6.07, 6.45) is 1.20. The van der Waals surface area contributed by atoms with Gasteiger partial charge < -0.3 is 4.74 Å². The molecule has 0 bridgehead atoms. The number of esters is 1. The molecule has 1 heterocycles. The number of hydrogen-bond acceptors (Lipinski definition) is 4. The van der Waals surface area contributed by atoms with Gasteiger partial charge in [-0.1, -0.05) is 55.5 Å². The van der Waals surface area contributed by atoms with Gasteiger partial charge in [0.25, 0.3) is 0 Å². The number of para-hydroxylation sites is 1. The topological polar surface area (TPSA) is 49.9 Å². The molecule has 2 aromatic rings. The Morgan fingerprint density at radius 1 is 1.00 bits per heavy atom. The lowest BCUT2D eigenvalue weighted by Gasteiger charge is -2.47. The van der Waals surface area contributed by atoms with E-state index in [4.69, 9.17) is 4.74 Å². The van der Waals surface area contributed by atoms with Crippen LogP contribution >= 0.6 is 0 Å². The van der Waals surface area contributed by atoms with Crippen molar-refractivity contribution in [1.82, 2.24) is 4.90 Å². The number of likely N-dealkylation sites (tertiary alicyclic amines) is 1. The van der Waals surface area contributed by atoms with Crippen LogP contribution in [0.2, 0.25) is 0 Å². The number of anilines is 1. The molecule has 5 heteroatoms. The Morgan fingerprint density at radius 3 is 2.10 bits per heavy atom. The summed E-state index contributed by atoms with van der Waals surface area (Å²) < 4.78 is 5.69. The normalized spacial score (nSPS) is 16.3. The van der Waals surface area contributed by atoms with Gasteiger partial charge in [-0.3, -0.25) is 14.6 Å². The van der Waals surface area contributed by atoms with E-state index in [1.807, 2.05) is 69.3 Å². The van der Waals surface area contributed by atoms with Gasteiger partial charge in [-0.25, -0.2) is 4.79 Å². The van der Waals surface area contributed by atoms with Crippen molar-refractivity contribution in [2.75, 3.05) is 18.0 Å². The van der Waals surface area contributed by atoms with E-state index in [1.165, 1.54) is 5.56 Å². The maximum atomic E-state index is 13.4. The van der Waals surface area contributed by atoms with E-state index in [0.717, 1.165) is 25.3 Å². The second-order valence-corrected chi connectivity index (χ2v) is 8.17. The van der Waals surface area contributed by atoms with Crippen molar-refractivity contribution in [3.8, 4) is 0 Å². The van der Waals surface area contributed by atoms with Crippen LogP contribution in [0.25, 0.3) is 0 Å². The number of ether oxygens (including phenoxy) is 1. The van der Waals surface area contributed by atoms with Crippen molar-refractivity contribution >= 4 is 17.6 Å². The number of rotatable bonds is 7. The van der Waals surface area contributed by atoms with Gasteiger partial charge in [-0.15, -0.1) is 0 Å². The van der Waals surface area contributed by atoms with Crippen molar-refractivity contribution in [1.29, 1.82) is 0 Å². The van der Waals surface area contributed by atoms with Gasteiger partial charge in [0, 0.05) is 31.7 Å². The summed E-state index contributed by atoms with van der Waals surface area (Å²) in [7, 11) is 0. The van der Waals surface area contributed by atoms with Gasteiger partial charge in [-0.05, 0) is 44.4 Å². The number of benzene rings is 2. The summed E-state index contributed by atoms with van der Waals surface area (Å²) in [6, 6.07) is 19.8. The number of hydrogen-bond donors (Lipinski definition) is 0. The molecule has 160 valence electrons. The third-order valence-corrected chi connectivity index (χ3v) is 5.65. The molecule has 1 aliphatic rings. The molecular formula is C25H32N2O3. The average molecular weight is 409 g/mol. The third-order valence-electron chi connectivity index (χ3n) is 5.65. The minimum atomic E-state index is -0.980. The molecule has 30 heavy (non-hydrogen) atoms. The molecule has 0 saturated carbocycles. The van der Waals surface area contributed by atoms with Gasteiger partial charge in [0.05, 0.1) is 6.10 Å². The zero-order valence-electron chi connectivity index (χ0n) is 18.2. The van der Waals surface area contributed by atoms with Crippen LogP contribution in [0.1, 0.15) is 45.6 Å². The highest BCUT2D eigenvalue weighted by Gasteiger charge is 2.50. The number of carbonyl (C=O) groups excluding carboxylic acids is 2. The molecule has 0 atom stereocenters.